The van der Waals surface area contributed by atoms with Crippen molar-refractivity contribution in [1.82, 2.24) is 0 Å². The second-order valence-corrected chi connectivity index (χ2v) is 6.59. The van der Waals surface area contributed by atoms with Gasteiger partial charge in [-0.3, -0.25) is 0 Å². The molecular formula is C20H25N3+2. The zero-order chi connectivity index (χ0) is 16.1. The molecule has 0 radical (unpaired) electrons. The van der Waals surface area contributed by atoms with E-state index in [1.54, 1.807) is 9.80 Å². The number of quaternary nitrogens is 2. The highest BCUT2D eigenvalue weighted by molar-refractivity contribution is 5.32. The topological polar surface area (TPSA) is 32.7 Å². The first-order chi connectivity index (χ1) is 11.2. The van der Waals surface area contributed by atoms with E-state index in [0.717, 1.165) is 18.7 Å². The molecule has 0 atom stereocenters. The highest BCUT2D eigenvalue weighted by Gasteiger charge is 2.23. The highest BCUT2D eigenvalue weighted by atomic mass is 15.3. The van der Waals surface area contributed by atoms with Crippen LogP contribution in [0.4, 0.5) is 0 Å². The van der Waals surface area contributed by atoms with Gasteiger partial charge in [-0.15, -0.1) is 0 Å². The highest BCUT2D eigenvalue weighted by Crippen LogP contribution is 2.05. The molecule has 0 spiro atoms. The van der Waals surface area contributed by atoms with Crippen LogP contribution < -0.4 is 9.80 Å². The molecule has 23 heavy (non-hydrogen) atoms. The van der Waals surface area contributed by atoms with Crippen molar-refractivity contribution in [3.05, 3.63) is 70.8 Å². The van der Waals surface area contributed by atoms with Crippen LogP contribution in [0.25, 0.3) is 0 Å². The van der Waals surface area contributed by atoms with Crippen LogP contribution in [0.1, 0.15) is 22.3 Å². The van der Waals surface area contributed by atoms with E-state index in [2.05, 4.69) is 43.3 Å². The average molecular weight is 307 g/mol. The second kappa shape index (κ2) is 7.41. The fourth-order valence-electron chi connectivity index (χ4n) is 3.43. The van der Waals surface area contributed by atoms with Gasteiger partial charge in [0.05, 0.1) is 11.6 Å². The summed E-state index contributed by atoms with van der Waals surface area (Å²) in [6, 6.07) is 19.0. The van der Waals surface area contributed by atoms with Crippen molar-refractivity contribution in [3.63, 3.8) is 0 Å². The molecule has 0 unspecified atom stereocenters. The molecule has 0 aromatic heterocycles. The summed E-state index contributed by atoms with van der Waals surface area (Å²) in [5, 5.41) is 9.01. The molecule has 3 nitrogen and oxygen atoms in total. The third-order valence-electron chi connectivity index (χ3n) is 4.88. The van der Waals surface area contributed by atoms with Crippen molar-refractivity contribution < 1.29 is 9.80 Å². The van der Waals surface area contributed by atoms with Gasteiger partial charge in [-0.1, -0.05) is 36.4 Å². The smallest absolute Gasteiger partial charge is 0.127 e. The van der Waals surface area contributed by atoms with Gasteiger partial charge in [0.1, 0.15) is 39.3 Å². The summed E-state index contributed by atoms with van der Waals surface area (Å²) in [4.78, 5) is 3.32. The summed E-state index contributed by atoms with van der Waals surface area (Å²) >= 11 is 0. The van der Waals surface area contributed by atoms with Crippen molar-refractivity contribution in [2.24, 2.45) is 0 Å². The Labute approximate surface area is 138 Å². The van der Waals surface area contributed by atoms with E-state index >= 15 is 0 Å². The molecule has 0 bridgehead atoms. The van der Waals surface area contributed by atoms with Gasteiger partial charge in [0.25, 0.3) is 0 Å². The quantitative estimate of drug-likeness (QED) is 0.839. The Kier molecular flexibility index (Phi) is 5.07. The van der Waals surface area contributed by atoms with Crippen molar-refractivity contribution in [2.45, 2.75) is 20.0 Å². The standard InChI is InChI=1S/C20H23N3/c1-17-5-2-3-8-20(17)16-23-11-9-22(10-12-23)15-19-7-4-6-18(13-19)14-21/h2-8,13H,9-12,15-16H2,1H3/p+2. The predicted octanol–water partition coefficient (Wildman–Crippen LogP) is 0.350. The van der Waals surface area contributed by atoms with Crippen LogP contribution >= 0.6 is 0 Å². The Morgan fingerprint density at radius 2 is 1.61 bits per heavy atom. The summed E-state index contributed by atoms with van der Waals surface area (Å²) in [5.74, 6) is 0. The second-order valence-electron chi connectivity index (χ2n) is 6.59. The maximum absolute atomic E-state index is 9.01. The van der Waals surface area contributed by atoms with E-state index in [9.17, 15) is 0 Å². The van der Waals surface area contributed by atoms with E-state index in [1.807, 2.05) is 18.2 Å². The number of rotatable bonds is 4. The number of hydrogen-bond acceptors (Lipinski definition) is 1. The third kappa shape index (κ3) is 4.19. The van der Waals surface area contributed by atoms with Crippen LogP contribution in [0.15, 0.2) is 48.5 Å². The summed E-state index contributed by atoms with van der Waals surface area (Å²) in [6.45, 7) is 9.24. The molecule has 1 saturated heterocycles. The SMILES string of the molecule is Cc1ccccc1C[NH+]1CC[NH+](Cc2cccc(C#N)c2)CC1. The van der Waals surface area contributed by atoms with Crippen molar-refractivity contribution in [2.75, 3.05) is 26.2 Å². The zero-order valence-corrected chi connectivity index (χ0v) is 13.8. The van der Waals surface area contributed by atoms with E-state index in [4.69, 9.17) is 5.26 Å². The van der Waals surface area contributed by atoms with Gasteiger partial charge >= 0.3 is 0 Å². The predicted molar refractivity (Wildman–Crippen MR) is 91.1 cm³/mol. The van der Waals surface area contributed by atoms with Crippen LogP contribution in [0.2, 0.25) is 0 Å². The van der Waals surface area contributed by atoms with E-state index in [-0.39, 0.29) is 0 Å². The fraction of sp³-hybridized carbons (Fsp3) is 0.350. The number of aryl methyl sites for hydroxylation is 1. The average Bonchev–Trinajstić information content (AvgIpc) is 2.59. The molecular weight excluding hydrogens is 282 g/mol. The Morgan fingerprint density at radius 1 is 0.913 bits per heavy atom. The van der Waals surface area contributed by atoms with E-state index in [0.29, 0.717) is 0 Å². The maximum Gasteiger partial charge on any atom is 0.127 e. The minimum atomic E-state index is 0.769. The van der Waals surface area contributed by atoms with Crippen LogP contribution in [0.3, 0.4) is 0 Å². The zero-order valence-electron chi connectivity index (χ0n) is 13.8. The minimum absolute atomic E-state index is 0.769. The van der Waals surface area contributed by atoms with Crippen molar-refractivity contribution in [1.29, 1.82) is 5.26 Å². The lowest BCUT2D eigenvalue weighted by Gasteiger charge is -2.30. The minimum Gasteiger partial charge on any atom is -0.322 e. The summed E-state index contributed by atoms with van der Waals surface area (Å²) in [7, 11) is 0. The lowest BCUT2D eigenvalue weighted by atomic mass is 10.1. The molecule has 1 fully saturated rings. The maximum atomic E-state index is 9.01. The molecule has 0 saturated carbocycles. The molecule has 2 aromatic rings. The van der Waals surface area contributed by atoms with Gasteiger partial charge in [0.15, 0.2) is 0 Å². The first kappa shape index (κ1) is 15.7. The van der Waals surface area contributed by atoms with Crippen LogP contribution in [-0.4, -0.2) is 26.2 Å². The normalized spacial score (nSPS) is 20.9. The molecule has 3 rings (SSSR count). The number of nitrogens with zero attached hydrogens (tertiary/aromatic N) is 1. The van der Waals surface area contributed by atoms with Crippen LogP contribution in [0.5, 0.6) is 0 Å². The monoisotopic (exact) mass is 307 g/mol. The first-order valence-corrected chi connectivity index (χ1v) is 8.45. The van der Waals surface area contributed by atoms with E-state index in [1.165, 1.54) is 42.9 Å². The van der Waals surface area contributed by atoms with Crippen molar-refractivity contribution in [3.8, 4) is 6.07 Å². The molecule has 1 aliphatic rings. The summed E-state index contributed by atoms with van der Waals surface area (Å²) in [6.07, 6.45) is 0. The number of nitrogens with one attached hydrogen (secondary N) is 2. The number of hydrogen-bond donors (Lipinski definition) is 2. The Morgan fingerprint density at radius 3 is 2.30 bits per heavy atom. The summed E-state index contributed by atoms with van der Waals surface area (Å²) in [5.41, 5.74) is 4.93. The van der Waals surface area contributed by atoms with Gasteiger partial charge < -0.3 is 9.80 Å². The molecule has 118 valence electrons. The summed E-state index contributed by atoms with van der Waals surface area (Å²) < 4.78 is 0. The van der Waals surface area contributed by atoms with E-state index < -0.39 is 0 Å². The Bertz CT molecular complexity index is 694. The third-order valence-corrected chi connectivity index (χ3v) is 4.88. The number of benzene rings is 2. The van der Waals surface area contributed by atoms with Crippen molar-refractivity contribution >= 4 is 0 Å². The lowest BCUT2D eigenvalue weighted by molar-refractivity contribution is -1.02. The number of piperazine rings is 1. The molecule has 1 aliphatic heterocycles. The first-order valence-electron chi connectivity index (χ1n) is 8.45. The molecule has 0 amide bonds. The lowest BCUT2D eigenvalue weighted by Crippen LogP contribution is -3.27. The molecule has 3 heteroatoms. The van der Waals surface area contributed by atoms with Gasteiger partial charge in [0.2, 0.25) is 0 Å². The molecule has 2 N–H and O–H groups in total. The fourth-order valence-corrected chi connectivity index (χ4v) is 3.43. The van der Waals surface area contributed by atoms with Gasteiger partial charge in [-0.25, -0.2) is 0 Å². The molecule has 1 heterocycles. The van der Waals surface area contributed by atoms with Gasteiger partial charge in [0, 0.05) is 11.1 Å². The largest absolute Gasteiger partial charge is 0.322 e. The Balaban J connectivity index is 1.52. The van der Waals surface area contributed by atoms with Crippen LogP contribution in [0, 0.1) is 18.3 Å². The Hall–Kier alpha value is -2.15. The number of nitriles is 1. The molecule has 2 aromatic carbocycles. The van der Waals surface area contributed by atoms with Gasteiger partial charge in [-0.05, 0) is 24.6 Å². The van der Waals surface area contributed by atoms with Gasteiger partial charge in [-0.2, -0.15) is 5.26 Å². The van der Waals surface area contributed by atoms with Crippen LogP contribution in [-0.2, 0) is 13.1 Å². The molecule has 0 aliphatic carbocycles.